The second-order valence-electron chi connectivity index (χ2n) is 3.20. The smallest absolute Gasteiger partial charge is 0.222 e. The molecular formula is C12H9ClI2O4. The maximum absolute atomic E-state index is 8.49. The molecule has 0 saturated carbocycles. The Kier molecular flexibility index (Phi) is 7.50. The fourth-order valence-electron chi connectivity index (χ4n) is 1.10. The van der Waals surface area contributed by atoms with E-state index in [1.807, 2.05) is 0 Å². The summed E-state index contributed by atoms with van der Waals surface area (Å²) in [6, 6.07) is 19.6. The van der Waals surface area contributed by atoms with Gasteiger partial charge in [0.1, 0.15) is 0 Å². The van der Waals surface area contributed by atoms with E-state index < -0.39 is 10.2 Å². The van der Waals surface area contributed by atoms with E-state index in [-0.39, 0.29) is 21.2 Å². The van der Waals surface area contributed by atoms with E-state index in [0.717, 1.165) is 0 Å². The van der Waals surface area contributed by atoms with Crippen molar-refractivity contribution in [1.29, 1.82) is 0 Å². The minimum Gasteiger partial charge on any atom is -0.222 e. The summed E-state index contributed by atoms with van der Waals surface area (Å²) in [4.78, 5) is 0. The number of halogens is 3. The summed E-state index contributed by atoms with van der Waals surface area (Å²) in [6.45, 7) is 0. The van der Waals surface area contributed by atoms with Crippen LogP contribution in [0.25, 0.3) is 0 Å². The highest BCUT2D eigenvalue weighted by molar-refractivity contribution is 14.1. The molecule has 0 bridgehead atoms. The van der Waals surface area contributed by atoms with Gasteiger partial charge in [0.2, 0.25) is 0 Å². The van der Waals surface area contributed by atoms with Crippen LogP contribution in [0.5, 0.6) is 0 Å². The maximum atomic E-state index is 8.49. The Bertz CT molecular complexity index is 479. The summed E-state index contributed by atoms with van der Waals surface area (Å²) >= 11 is 2.35. The van der Waals surface area contributed by atoms with Crippen LogP contribution in [0.15, 0.2) is 54.6 Å². The Morgan fingerprint density at radius 2 is 1.16 bits per heavy atom. The fraction of sp³-hybridized carbons (Fsp3) is 0. The van der Waals surface area contributed by atoms with Crippen molar-refractivity contribution in [2.24, 2.45) is 0 Å². The number of hydrogen-bond acceptors (Lipinski definition) is 4. The lowest BCUT2D eigenvalue weighted by atomic mass is 10.4. The highest BCUT2D eigenvalue weighted by atomic mass is 127. The second-order valence-corrected chi connectivity index (χ2v) is 8.24. The molecule has 0 aromatic heterocycles. The molecule has 4 nitrogen and oxygen atoms in total. The van der Waals surface area contributed by atoms with Gasteiger partial charge in [0.25, 0.3) is 0 Å². The zero-order valence-electron chi connectivity index (χ0n) is 9.46. The third kappa shape index (κ3) is 9.55. The molecule has 0 radical (unpaired) electrons. The van der Waals surface area contributed by atoms with Crippen molar-refractivity contribution in [3.05, 3.63) is 65.3 Å². The summed E-state index contributed by atoms with van der Waals surface area (Å²) in [5.74, 6) is 0. The first-order valence-corrected chi connectivity index (χ1v) is 9.39. The zero-order valence-corrected chi connectivity index (χ0v) is 14.5. The monoisotopic (exact) mass is 506 g/mol. The predicted molar refractivity (Wildman–Crippen MR) is 63.0 cm³/mol. The number of benzene rings is 2. The lowest BCUT2D eigenvalue weighted by molar-refractivity contribution is -2.00. The summed E-state index contributed by atoms with van der Waals surface area (Å²) in [5.41, 5.74) is 0. The second kappa shape index (κ2) is 8.35. The topological polar surface area (TPSA) is 92.2 Å². The molecule has 0 aliphatic carbocycles. The maximum Gasteiger partial charge on any atom is 0.357 e. The average Bonchev–Trinajstić information content (AvgIpc) is 2.31. The minimum absolute atomic E-state index is 0.0126. The highest BCUT2D eigenvalue weighted by Gasteiger charge is 2.13. The summed E-state index contributed by atoms with van der Waals surface area (Å²) in [5, 5.41) is 0. The molecule has 0 atom stereocenters. The van der Waals surface area contributed by atoms with Crippen LogP contribution in [0.1, 0.15) is 0 Å². The lowest BCUT2D eigenvalue weighted by Crippen LogP contribution is -3.61. The normalized spacial score (nSPS) is 10.6. The molecule has 7 heteroatoms. The predicted octanol–water partition coefficient (Wildman–Crippen LogP) is -4.34. The molecule has 0 unspecified atom stereocenters. The number of hydrogen-bond donors (Lipinski definition) is 0. The standard InChI is InChI=1S/C12H9I2.ClHO4/c13-10-6-8-12(9-7-10)14-11-4-2-1-3-5-11;2-1(3,4)5/h1-9H;(H,2,3,4,5)/q+1;/p-1. The van der Waals surface area contributed by atoms with Gasteiger partial charge in [-0.1, -0.05) is 18.2 Å². The first kappa shape index (κ1) is 17.1. The first-order chi connectivity index (χ1) is 8.84. The molecule has 19 heavy (non-hydrogen) atoms. The van der Waals surface area contributed by atoms with Crippen molar-refractivity contribution in [3.8, 4) is 0 Å². The lowest BCUT2D eigenvalue weighted by Gasteiger charge is -2.17. The molecule has 2 rings (SSSR count). The molecule has 0 heterocycles. The Morgan fingerprint density at radius 3 is 1.63 bits per heavy atom. The van der Waals surface area contributed by atoms with E-state index in [4.69, 9.17) is 18.6 Å². The van der Waals surface area contributed by atoms with Gasteiger partial charge in [-0.15, -0.1) is 10.2 Å². The van der Waals surface area contributed by atoms with E-state index in [0.29, 0.717) is 0 Å². The van der Waals surface area contributed by atoms with E-state index in [1.165, 1.54) is 10.7 Å². The molecule has 2 aromatic rings. The van der Waals surface area contributed by atoms with Crippen LogP contribution in [0.3, 0.4) is 0 Å². The van der Waals surface area contributed by atoms with E-state index >= 15 is 0 Å². The fourth-order valence-corrected chi connectivity index (χ4v) is 3.67. The minimum atomic E-state index is -4.94. The van der Waals surface area contributed by atoms with Crippen molar-refractivity contribution in [2.45, 2.75) is 0 Å². The molecule has 0 amide bonds. The van der Waals surface area contributed by atoms with E-state index in [9.17, 15) is 0 Å². The molecule has 0 fully saturated rings. The van der Waals surface area contributed by atoms with Gasteiger partial charge in [0.15, 0.2) is 7.14 Å². The first-order valence-electron chi connectivity index (χ1n) is 4.92. The Morgan fingerprint density at radius 1 is 0.737 bits per heavy atom. The third-order valence-corrected chi connectivity index (χ3v) is 5.16. The van der Waals surface area contributed by atoms with Crippen LogP contribution in [0.2, 0.25) is 0 Å². The van der Waals surface area contributed by atoms with Crippen LogP contribution in [-0.2, 0) is 0 Å². The molecule has 2 aromatic carbocycles. The summed E-state index contributed by atoms with van der Waals surface area (Å²) in [6.07, 6.45) is 0. The molecule has 0 aliphatic heterocycles. The summed E-state index contributed by atoms with van der Waals surface area (Å²) in [7, 11) is -4.94. The van der Waals surface area contributed by atoms with Gasteiger partial charge in [-0.05, 0) is 59.0 Å². The van der Waals surface area contributed by atoms with Crippen LogP contribution in [0.4, 0.5) is 0 Å². The van der Waals surface area contributed by atoms with E-state index in [1.54, 1.807) is 0 Å². The SMILES string of the molecule is Ic1ccc([I+]c2ccccc2)cc1.[O-][Cl+3]([O-])([O-])[O-]. The molecule has 0 N–H and O–H groups in total. The molecular weight excluding hydrogens is 497 g/mol. The van der Waals surface area contributed by atoms with Gasteiger partial charge in [-0.2, -0.15) is 0 Å². The van der Waals surface area contributed by atoms with Crippen LogP contribution < -0.4 is 39.8 Å². The van der Waals surface area contributed by atoms with Crippen molar-refractivity contribution in [3.63, 3.8) is 0 Å². The van der Waals surface area contributed by atoms with Crippen LogP contribution in [0, 0.1) is 21.0 Å². The quantitative estimate of drug-likeness (QED) is 0.385. The molecule has 102 valence electrons. The van der Waals surface area contributed by atoms with Gasteiger partial charge < -0.3 is 0 Å². The molecule has 0 spiro atoms. The van der Waals surface area contributed by atoms with Crippen molar-refractivity contribution >= 4 is 22.6 Å². The number of rotatable bonds is 2. The largest absolute Gasteiger partial charge is 0.357 e. The van der Waals surface area contributed by atoms with Crippen molar-refractivity contribution in [1.82, 2.24) is 0 Å². The van der Waals surface area contributed by atoms with Crippen LogP contribution >= 0.6 is 22.6 Å². The van der Waals surface area contributed by atoms with Crippen molar-refractivity contribution in [2.75, 3.05) is 0 Å². The van der Waals surface area contributed by atoms with Gasteiger partial charge in [-0.25, -0.2) is 18.6 Å². The zero-order chi connectivity index (χ0) is 14.3. The van der Waals surface area contributed by atoms with E-state index in [2.05, 4.69) is 77.2 Å². The van der Waals surface area contributed by atoms with Gasteiger partial charge in [-0.3, -0.25) is 0 Å². The molecule has 0 saturated heterocycles. The van der Waals surface area contributed by atoms with Gasteiger partial charge in [0.05, 0.1) is 0 Å². The van der Waals surface area contributed by atoms with Gasteiger partial charge in [0, 0.05) is 3.57 Å². The Labute approximate surface area is 137 Å². The average molecular weight is 506 g/mol. The molecule has 0 aliphatic rings. The Hall–Kier alpha value is 0.0300. The third-order valence-electron chi connectivity index (χ3n) is 1.75. The highest BCUT2D eigenvalue weighted by Crippen LogP contribution is 2.00. The Balaban J connectivity index is 0.000000312. The summed E-state index contributed by atoms with van der Waals surface area (Å²) < 4.78 is 38.2. The van der Waals surface area contributed by atoms with Crippen LogP contribution in [-0.4, -0.2) is 0 Å². The van der Waals surface area contributed by atoms with Crippen molar-refractivity contribution < 1.29 is 50.1 Å². The van der Waals surface area contributed by atoms with Gasteiger partial charge >= 0.3 is 21.2 Å².